The van der Waals surface area contributed by atoms with Gasteiger partial charge in [-0.25, -0.2) is 8.97 Å². The number of hydrogen-bond acceptors (Lipinski definition) is 8. The Labute approximate surface area is 294 Å². The van der Waals surface area contributed by atoms with Crippen molar-refractivity contribution >= 4 is 57.3 Å². The summed E-state index contributed by atoms with van der Waals surface area (Å²) >= 11 is 6.63. The highest BCUT2D eigenvalue weighted by Gasteiger charge is 2.45. The number of carbonyl (C=O) groups excluding carboxylic acids is 1. The van der Waals surface area contributed by atoms with E-state index in [0.717, 1.165) is 56.0 Å². The highest BCUT2D eigenvalue weighted by molar-refractivity contribution is 6.36. The van der Waals surface area contributed by atoms with Crippen molar-refractivity contribution in [3.8, 4) is 17.3 Å². The smallest absolute Gasteiger partial charge is 0.434 e. The molecule has 2 aromatic carbocycles. The number of ether oxygens (including phenoxy) is 1. The normalized spacial score (nSPS) is 19.2. The number of pyridine rings is 1. The van der Waals surface area contributed by atoms with E-state index in [1.807, 2.05) is 53.1 Å². The molecule has 0 saturated carbocycles. The van der Waals surface area contributed by atoms with Gasteiger partial charge in [0.1, 0.15) is 23.2 Å². The summed E-state index contributed by atoms with van der Waals surface area (Å²) in [6.45, 7) is 3.74. The van der Waals surface area contributed by atoms with Crippen molar-refractivity contribution in [3.63, 3.8) is 0 Å². The summed E-state index contributed by atoms with van der Waals surface area (Å²) in [4.78, 5) is 39.7. The van der Waals surface area contributed by atoms with E-state index in [1.165, 1.54) is 6.08 Å². The van der Waals surface area contributed by atoms with Crippen molar-refractivity contribution in [3.05, 3.63) is 83.8 Å². The molecule has 5 aromatic rings. The number of carbonyl (C=O) groups is 1. The van der Waals surface area contributed by atoms with Gasteiger partial charge in [0, 0.05) is 64.6 Å². The van der Waals surface area contributed by atoms with E-state index in [9.17, 15) is 4.79 Å². The van der Waals surface area contributed by atoms with Crippen molar-refractivity contribution in [1.29, 1.82) is 0 Å². The number of halogens is 2. The molecule has 0 N–H and O–H groups in total. The lowest BCUT2D eigenvalue weighted by Gasteiger charge is -2.30. The maximum Gasteiger partial charge on any atom is 0.434 e. The lowest BCUT2D eigenvalue weighted by molar-refractivity contribution is -0.405. The Bertz CT molecular complexity index is 2150. The van der Waals surface area contributed by atoms with Gasteiger partial charge in [0.05, 0.1) is 30.7 Å². The average molecular weight is 692 g/mol. The van der Waals surface area contributed by atoms with Gasteiger partial charge < -0.3 is 9.64 Å². The molecule has 50 heavy (non-hydrogen) atoms. The Morgan fingerprint density at radius 2 is 1.90 bits per heavy atom. The number of benzene rings is 2. The Kier molecular flexibility index (Phi) is 8.70. The van der Waals surface area contributed by atoms with Crippen LogP contribution in [0.4, 0.5) is 10.2 Å². The Morgan fingerprint density at radius 3 is 2.70 bits per heavy atom. The third-order valence-electron chi connectivity index (χ3n) is 10.3. The Hall–Kier alpha value is -4.87. The molecule has 1 unspecified atom stereocenters. The van der Waals surface area contributed by atoms with Crippen molar-refractivity contribution in [2.45, 2.75) is 37.6 Å². The summed E-state index contributed by atoms with van der Waals surface area (Å²) < 4.78 is 25.1. The number of rotatable bonds is 8. The molecule has 0 radical (unpaired) electrons. The van der Waals surface area contributed by atoms with E-state index < -0.39 is 5.82 Å². The van der Waals surface area contributed by atoms with Crippen LogP contribution in [0.5, 0.6) is 6.01 Å². The predicted molar refractivity (Wildman–Crippen MR) is 191 cm³/mol. The molecule has 3 aliphatic heterocycles. The fourth-order valence-corrected chi connectivity index (χ4v) is 8.13. The quantitative estimate of drug-likeness (QED) is 0.106. The van der Waals surface area contributed by atoms with Crippen LogP contribution in [0.2, 0.25) is 5.02 Å². The van der Waals surface area contributed by atoms with Crippen LogP contribution in [0.3, 0.4) is 0 Å². The van der Waals surface area contributed by atoms with Crippen LogP contribution in [-0.4, -0.2) is 96.8 Å². The second-order valence-electron chi connectivity index (χ2n) is 13.4. The zero-order chi connectivity index (χ0) is 34.2. The molecule has 3 saturated heterocycles. The van der Waals surface area contributed by atoms with E-state index in [1.54, 1.807) is 36.9 Å². The fourth-order valence-electron chi connectivity index (χ4n) is 7.85. The van der Waals surface area contributed by atoms with Crippen LogP contribution in [0, 0.1) is 11.7 Å². The molecule has 254 valence electrons. The molecule has 1 amide bonds. The predicted octanol–water partition coefficient (Wildman–Crippen LogP) is 6.34. The molecular weight excluding hydrogens is 655 g/mol. The van der Waals surface area contributed by atoms with Gasteiger partial charge in [-0.2, -0.15) is 4.98 Å². The number of aromatic nitrogens is 5. The minimum atomic E-state index is -0.564. The number of hydrogen-bond donors (Lipinski definition) is 0. The average Bonchev–Trinajstić information content (AvgIpc) is 3.87. The fraction of sp³-hybridized carbons (Fsp3) is 0.342. The van der Waals surface area contributed by atoms with Crippen molar-refractivity contribution in [1.82, 2.24) is 34.7 Å². The largest absolute Gasteiger partial charge is 0.443 e. The third-order valence-corrected chi connectivity index (χ3v) is 10.6. The van der Waals surface area contributed by atoms with Crippen molar-refractivity contribution in [2.75, 3.05) is 39.8 Å². The van der Waals surface area contributed by atoms with Crippen LogP contribution in [0.25, 0.3) is 39.0 Å². The molecule has 12 heteroatoms. The first-order chi connectivity index (χ1) is 24.4. The highest BCUT2D eigenvalue weighted by atomic mass is 35.5. The molecule has 0 aliphatic carbocycles. The summed E-state index contributed by atoms with van der Waals surface area (Å²) in [6.07, 6.45) is 16.8. The van der Waals surface area contributed by atoms with E-state index >= 15 is 4.39 Å². The molecule has 3 aliphatic rings. The second kappa shape index (κ2) is 13.4. The van der Waals surface area contributed by atoms with E-state index in [2.05, 4.69) is 24.8 Å². The Balaban J connectivity index is 1.14. The highest BCUT2D eigenvalue weighted by Crippen LogP contribution is 2.40. The van der Waals surface area contributed by atoms with Crippen LogP contribution < -0.4 is 4.74 Å². The maximum absolute atomic E-state index is 16.8. The molecule has 6 heterocycles. The molecule has 3 fully saturated rings. The van der Waals surface area contributed by atoms with Gasteiger partial charge in [-0.05, 0) is 62.7 Å². The van der Waals surface area contributed by atoms with Crippen molar-refractivity contribution in [2.24, 2.45) is 5.92 Å². The molecule has 1 atom stereocenters. The lowest BCUT2D eigenvalue weighted by Crippen LogP contribution is -2.43. The summed E-state index contributed by atoms with van der Waals surface area (Å²) in [5.74, 6) is -0.108. The monoisotopic (exact) mass is 691 g/mol. The van der Waals surface area contributed by atoms with Gasteiger partial charge in [-0.3, -0.25) is 24.6 Å². The standard InChI is InChI=1S/C38H37ClFN8O2/c1-46(22-25-12-19-47(23-25)31(49)11-10-27-20-41-15-16-42-27)36-29-21-43-34(28-8-2-6-26-7-3-9-30(39)32(26)28)33(40)35(29)44-37(45-36)50-24-38-13-4-17-48(38)18-5-14-38/h2-3,6-11,15-16,20-22,25H,4-5,12-14,17-19,23-24H2,1H3/q+1/b11-10+,46-22?. The molecule has 8 rings (SSSR count). The topological polar surface area (TPSA) is 100 Å². The molecule has 10 nitrogen and oxygen atoms in total. The first-order valence-electron chi connectivity index (χ1n) is 17.1. The van der Waals surface area contributed by atoms with Crippen molar-refractivity contribution < 1.29 is 18.5 Å². The van der Waals surface area contributed by atoms with Gasteiger partial charge in [-0.15, -0.1) is 0 Å². The van der Waals surface area contributed by atoms with Gasteiger partial charge >= 0.3 is 11.8 Å². The minimum absolute atomic E-state index is 0.0282. The first-order valence-corrected chi connectivity index (χ1v) is 17.5. The third kappa shape index (κ3) is 6.09. The van der Waals surface area contributed by atoms with Crippen LogP contribution in [-0.2, 0) is 4.79 Å². The number of amides is 1. The molecular formula is C38H37ClFN8O2+. The number of likely N-dealkylation sites (tertiary alicyclic amines) is 1. The zero-order valence-electron chi connectivity index (χ0n) is 27.8. The van der Waals surface area contributed by atoms with Gasteiger partial charge in [0.15, 0.2) is 5.82 Å². The summed E-state index contributed by atoms with van der Waals surface area (Å²) in [5.41, 5.74) is 1.47. The van der Waals surface area contributed by atoms with E-state index in [0.29, 0.717) is 47.2 Å². The van der Waals surface area contributed by atoms with Crippen LogP contribution in [0.1, 0.15) is 37.8 Å². The summed E-state index contributed by atoms with van der Waals surface area (Å²) in [7, 11) is 1.88. The summed E-state index contributed by atoms with van der Waals surface area (Å²) in [5, 5.41) is 2.60. The van der Waals surface area contributed by atoms with Gasteiger partial charge in [-0.1, -0.05) is 41.9 Å². The zero-order valence-corrected chi connectivity index (χ0v) is 28.6. The van der Waals surface area contributed by atoms with Crippen LogP contribution in [0.15, 0.2) is 67.3 Å². The molecule has 0 spiro atoms. The van der Waals surface area contributed by atoms with Crippen LogP contribution >= 0.6 is 11.6 Å². The maximum atomic E-state index is 16.8. The molecule has 0 bridgehead atoms. The van der Waals surface area contributed by atoms with Gasteiger partial charge in [0.2, 0.25) is 5.91 Å². The molecule has 3 aromatic heterocycles. The second-order valence-corrected chi connectivity index (χ2v) is 13.8. The number of fused-ring (bicyclic) bond motifs is 3. The van der Waals surface area contributed by atoms with E-state index in [-0.39, 0.29) is 34.6 Å². The number of nitrogens with zero attached hydrogens (tertiary/aromatic N) is 8. The first kappa shape index (κ1) is 32.3. The SMILES string of the molecule is C[N+](=CC1CCN(C(=O)/C=C/c2cnccn2)C1)c1nc(OCC23CCCN2CCC3)nc2c(F)c(-c3cccc4cccc(Cl)c34)ncc12. The Morgan fingerprint density at radius 1 is 1.08 bits per heavy atom. The summed E-state index contributed by atoms with van der Waals surface area (Å²) in [6, 6.07) is 11.4. The van der Waals surface area contributed by atoms with Gasteiger partial charge in [0.25, 0.3) is 0 Å². The lowest BCUT2D eigenvalue weighted by atomic mass is 9.95. The minimum Gasteiger partial charge on any atom is -0.443 e. The van der Waals surface area contributed by atoms with E-state index in [4.69, 9.17) is 21.3 Å².